The van der Waals surface area contributed by atoms with E-state index < -0.39 is 0 Å². The van der Waals surface area contributed by atoms with Gasteiger partial charge < -0.3 is 4.42 Å². The zero-order valence-electron chi connectivity index (χ0n) is 25.5. The molecule has 0 amide bonds. The third-order valence-electron chi connectivity index (χ3n) is 9.52. The molecular formula is C44H28N2O. The first kappa shape index (κ1) is 26.0. The highest BCUT2D eigenvalue weighted by Crippen LogP contribution is 2.47. The number of aromatic nitrogens is 2. The molecule has 10 aromatic rings. The fourth-order valence-electron chi connectivity index (χ4n) is 7.55. The van der Waals surface area contributed by atoms with Gasteiger partial charge in [-0.15, -0.1) is 0 Å². The van der Waals surface area contributed by atoms with E-state index in [-0.39, 0.29) is 0 Å². The largest absolute Gasteiger partial charge is 0.456 e. The molecule has 0 N–H and O–H groups in total. The van der Waals surface area contributed by atoms with Gasteiger partial charge in [0.2, 0.25) is 0 Å². The van der Waals surface area contributed by atoms with Crippen LogP contribution in [0.2, 0.25) is 0 Å². The maximum absolute atomic E-state index is 6.38. The topological polar surface area (TPSA) is 23.0 Å². The molecule has 3 aromatic heterocycles. The van der Waals surface area contributed by atoms with Crippen molar-refractivity contribution in [3.05, 3.63) is 170 Å². The van der Waals surface area contributed by atoms with Crippen molar-refractivity contribution in [1.82, 2.24) is 9.13 Å². The molecule has 0 radical (unpaired) electrons. The molecule has 0 aliphatic carbocycles. The van der Waals surface area contributed by atoms with Gasteiger partial charge in [0.1, 0.15) is 16.8 Å². The predicted molar refractivity (Wildman–Crippen MR) is 196 cm³/mol. The summed E-state index contributed by atoms with van der Waals surface area (Å²) in [6.45, 7) is 0. The molecule has 7 aromatic carbocycles. The number of para-hydroxylation sites is 3. The average Bonchev–Trinajstić information content (AvgIpc) is 3.80. The molecule has 0 unspecified atom stereocenters. The number of nitrogens with zero attached hydrogens (tertiary/aromatic N) is 2. The number of benzene rings is 7. The number of furan rings is 1. The summed E-state index contributed by atoms with van der Waals surface area (Å²) in [7, 11) is 0. The molecule has 0 saturated carbocycles. The molecule has 0 atom stereocenters. The lowest BCUT2D eigenvalue weighted by Crippen LogP contribution is -2.01. The van der Waals surface area contributed by atoms with Gasteiger partial charge in [-0.25, -0.2) is 0 Å². The molecule has 3 heteroatoms. The van der Waals surface area contributed by atoms with E-state index in [2.05, 4.69) is 173 Å². The van der Waals surface area contributed by atoms with Crippen LogP contribution in [-0.4, -0.2) is 9.13 Å². The summed E-state index contributed by atoms with van der Waals surface area (Å²) in [5.74, 6) is 0. The summed E-state index contributed by atoms with van der Waals surface area (Å²) in [5.41, 5.74) is 12.3. The van der Waals surface area contributed by atoms with Crippen LogP contribution in [0.15, 0.2) is 174 Å². The van der Waals surface area contributed by atoms with Gasteiger partial charge in [0.15, 0.2) is 0 Å². The average molecular weight is 601 g/mol. The molecule has 10 rings (SSSR count). The number of hydrogen-bond acceptors (Lipinski definition) is 1. The SMILES string of the molecule is c1ccc(-c2ccc3c(c2)c2c4c(-c5cccc6oc7ccccc7c56)cccc4n(-c4ccccc4)c2n3-c2ccccc2)cc1. The monoisotopic (exact) mass is 600 g/mol. The molecule has 0 aliphatic rings. The summed E-state index contributed by atoms with van der Waals surface area (Å²) >= 11 is 0. The molecule has 3 heterocycles. The van der Waals surface area contributed by atoms with Gasteiger partial charge in [-0.1, -0.05) is 115 Å². The van der Waals surface area contributed by atoms with E-state index >= 15 is 0 Å². The first-order chi connectivity index (χ1) is 23.3. The molecule has 47 heavy (non-hydrogen) atoms. The first-order valence-electron chi connectivity index (χ1n) is 16.0. The van der Waals surface area contributed by atoms with Crippen molar-refractivity contribution in [3.63, 3.8) is 0 Å². The summed E-state index contributed by atoms with van der Waals surface area (Å²) in [6.07, 6.45) is 0. The van der Waals surface area contributed by atoms with Crippen LogP contribution in [0.4, 0.5) is 0 Å². The van der Waals surface area contributed by atoms with Crippen LogP contribution >= 0.6 is 0 Å². The van der Waals surface area contributed by atoms with E-state index in [4.69, 9.17) is 4.42 Å². The summed E-state index contributed by atoms with van der Waals surface area (Å²) in [5, 5.41) is 5.97. The quantitative estimate of drug-likeness (QED) is 0.197. The minimum Gasteiger partial charge on any atom is -0.456 e. The smallest absolute Gasteiger partial charge is 0.136 e. The molecule has 3 nitrogen and oxygen atoms in total. The summed E-state index contributed by atoms with van der Waals surface area (Å²) < 4.78 is 11.3. The van der Waals surface area contributed by atoms with Crippen molar-refractivity contribution < 1.29 is 4.42 Å². The Hall–Kier alpha value is -6.32. The van der Waals surface area contributed by atoms with Gasteiger partial charge in [-0.05, 0) is 76.9 Å². The highest BCUT2D eigenvalue weighted by atomic mass is 16.3. The van der Waals surface area contributed by atoms with Crippen LogP contribution in [0.25, 0.3) is 88.4 Å². The minimum atomic E-state index is 0.900. The van der Waals surface area contributed by atoms with Crippen LogP contribution < -0.4 is 0 Å². The minimum absolute atomic E-state index is 0.900. The van der Waals surface area contributed by atoms with Crippen LogP contribution in [-0.2, 0) is 0 Å². The van der Waals surface area contributed by atoms with Crippen LogP contribution in [0.3, 0.4) is 0 Å². The van der Waals surface area contributed by atoms with E-state index in [1.54, 1.807) is 0 Å². The van der Waals surface area contributed by atoms with E-state index in [0.717, 1.165) is 39.0 Å². The van der Waals surface area contributed by atoms with Crippen molar-refractivity contribution in [2.75, 3.05) is 0 Å². The van der Waals surface area contributed by atoms with Crippen molar-refractivity contribution in [2.45, 2.75) is 0 Å². The maximum Gasteiger partial charge on any atom is 0.136 e. The van der Waals surface area contributed by atoms with Crippen molar-refractivity contribution in [3.8, 4) is 33.6 Å². The standard InChI is InChI=1S/C44H28N2O/c1-4-14-29(15-5-1)30-26-27-37-36(28-30)43-42-34(33-22-13-25-40-41(33)35-20-10-11-24-39(35)47-40)21-12-23-38(42)46(32-18-8-3-9-19-32)44(43)45(37)31-16-6-2-7-17-31/h1-28H. The van der Waals surface area contributed by atoms with Gasteiger partial charge in [0.05, 0.1) is 11.0 Å². The van der Waals surface area contributed by atoms with Gasteiger partial charge in [0.25, 0.3) is 0 Å². The molecule has 0 spiro atoms. The zero-order valence-corrected chi connectivity index (χ0v) is 25.5. The third kappa shape index (κ3) is 3.81. The lowest BCUT2D eigenvalue weighted by molar-refractivity contribution is 0.669. The van der Waals surface area contributed by atoms with E-state index in [0.29, 0.717) is 0 Å². The molecular weight excluding hydrogens is 572 g/mol. The molecule has 220 valence electrons. The Morgan fingerprint density at radius 1 is 0.362 bits per heavy atom. The molecule has 0 saturated heterocycles. The van der Waals surface area contributed by atoms with Crippen LogP contribution in [0, 0.1) is 0 Å². The lowest BCUT2D eigenvalue weighted by atomic mass is 9.95. The second-order valence-corrected chi connectivity index (χ2v) is 12.1. The van der Waals surface area contributed by atoms with Crippen molar-refractivity contribution >= 4 is 54.8 Å². The third-order valence-corrected chi connectivity index (χ3v) is 9.52. The van der Waals surface area contributed by atoms with Crippen molar-refractivity contribution in [2.24, 2.45) is 0 Å². The Bertz CT molecular complexity index is 2770. The number of fused-ring (bicyclic) bond motifs is 8. The Balaban J connectivity index is 1.44. The summed E-state index contributed by atoms with van der Waals surface area (Å²) in [6, 6.07) is 60.6. The Labute approximate surface area is 271 Å². The van der Waals surface area contributed by atoms with E-state index in [9.17, 15) is 0 Å². The predicted octanol–water partition coefficient (Wildman–Crippen LogP) is 12.0. The Kier molecular flexibility index (Phi) is 5.57. The van der Waals surface area contributed by atoms with Gasteiger partial charge >= 0.3 is 0 Å². The Morgan fingerprint density at radius 2 is 0.957 bits per heavy atom. The first-order valence-corrected chi connectivity index (χ1v) is 16.0. The fraction of sp³-hybridized carbons (Fsp3) is 0. The zero-order chi connectivity index (χ0) is 30.9. The number of rotatable bonds is 4. The summed E-state index contributed by atoms with van der Waals surface area (Å²) in [4.78, 5) is 0. The van der Waals surface area contributed by atoms with Gasteiger partial charge in [-0.2, -0.15) is 0 Å². The Morgan fingerprint density at radius 3 is 1.70 bits per heavy atom. The van der Waals surface area contributed by atoms with Crippen LogP contribution in [0.5, 0.6) is 0 Å². The molecule has 0 bridgehead atoms. The van der Waals surface area contributed by atoms with E-state index in [1.165, 1.54) is 49.4 Å². The van der Waals surface area contributed by atoms with Crippen molar-refractivity contribution in [1.29, 1.82) is 0 Å². The lowest BCUT2D eigenvalue weighted by Gasteiger charge is -2.13. The van der Waals surface area contributed by atoms with E-state index in [1.807, 2.05) is 6.07 Å². The van der Waals surface area contributed by atoms with Crippen LogP contribution in [0.1, 0.15) is 0 Å². The molecule has 0 aliphatic heterocycles. The maximum atomic E-state index is 6.38. The highest BCUT2D eigenvalue weighted by molar-refractivity contribution is 6.28. The van der Waals surface area contributed by atoms with Gasteiger partial charge in [0, 0.05) is 38.3 Å². The number of hydrogen-bond donors (Lipinski definition) is 0. The normalized spacial score (nSPS) is 11.8. The second kappa shape index (κ2) is 10.1. The second-order valence-electron chi connectivity index (χ2n) is 12.1. The highest BCUT2D eigenvalue weighted by Gasteiger charge is 2.25. The fourth-order valence-corrected chi connectivity index (χ4v) is 7.55. The van der Waals surface area contributed by atoms with Gasteiger partial charge in [-0.3, -0.25) is 9.13 Å². The molecule has 0 fully saturated rings.